The molecule has 0 fully saturated rings. The number of carbonyl (C=O) groups is 1. The van der Waals surface area contributed by atoms with Crippen LogP contribution < -0.4 is 10.2 Å². The van der Waals surface area contributed by atoms with Gasteiger partial charge in [0.2, 0.25) is 0 Å². The van der Waals surface area contributed by atoms with Crippen molar-refractivity contribution in [1.29, 1.82) is 0 Å². The van der Waals surface area contributed by atoms with Gasteiger partial charge in [0.25, 0.3) is 5.91 Å². The van der Waals surface area contributed by atoms with Crippen molar-refractivity contribution in [3.8, 4) is 5.75 Å². The third-order valence-corrected chi connectivity index (χ3v) is 2.93. The number of nitrogens with zero attached hydrogens (tertiary/aromatic N) is 1. The lowest BCUT2D eigenvalue weighted by Crippen LogP contribution is -2.17. The second-order valence-corrected chi connectivity index (χ2v) is 4.64. The quantitative estimate of drug-likeness (QED) is 0.679. The summed E-state index contributed by atoms with van der Waals surface area (Å²) in [6.07, 6.45) is 1.56. The van der Waals surface area contributed by atoms with E-state index in [9.17, 15) is 4.79 Å². The summed E-state index contributed by atoms with van der Waals surface area (Å²) in [5, 5.41) is 4.57. The molecule has 21 heavy (non-hydrogen) atoms. The van der Waals surface area contributed by atoms with Crippen LogP contribution in [-0.2, 0) is 0 Å². The minimum absolute atomic E-state index is 0.275. The van der Waals surface area contributed by atoms with Crippen molar-refractivity contribution in [2.75, 3.05) is 6.61 Å². The number of nitrogens with one attached hydrogen (secondary N) is 1. The van der Waals surface area contributed by atoms with E-state index < -0.39 is 0 Å². The number of hydrazone groups is 1. The first-order valence-electron chi connectivity index (χ1n) is 6.51. The zero-order chi connectivity index (χ0) is 15.1. The van der Waals surface area contributed by atoms with Crippen LogP contribution in [0.25, 0.3) is 0 Å². The molecule has 5 heteroatoms. The maximum Gasteiger partial charge on any atom is 0.271 e. The maximum absolute atomic E-state index is 11.9. The van der Waals surface area contributed by atoms with Crippen LogP contribution in [0.5, 0.6) is 5.75 Å². The van der Waals surface area contributed by atoms with E-state index in [0.29, 0.717) is 17.2 Å². The first-order chi connectivity index (χ1) is 10.2. The van der Waals surface area contributed by atoms with E-state index in [1.165, 1.54) is 0 Å². The highest BCUT2D eigenvalue weighted by Crippen LogP contribution is 2.12. The molecule has 1 amide bonds. The largest absolute Gasteiger partial charge is 0.494 e. The van der Waals surface area contributed by atoms with Gasteiger partial charge in [0.15, 0.2) is 0 Å². The first kappa shape index (κ1) is 15.1. The second-order valence-electron chi connectivity index (χ2n) is 4.21. The molecule has 0 aromatic heterocycles. The highest BCUT2D eigenvalue weighted by Gasteiger charge is 2.03. The molecule has 0 saturated heterocycles. The molecule has 108 valence electrons. The molecule has 0 aliphatic carbocycles. The van der Waals surface area contributed by atoms with Crippen LogP contribution in [0.4, 0.5) is 0 Å². The van der Waals surface area contributed by atoms with Gasteiger partial charge in [-0.25, -0.2) is 5.43 Å². The SMILES string of the molecule is CCOc1ccc(C(=O)NN=Cc2ccc(Cl)cc2)cc1. The maximum atomic E-state index is 11.9. The first-order valence-corrected chi connectivity index (χ1v) is 6.88. The van der Waals surface area contributed by atoms with E-state index in [0.717, 1.165) is 11.3 Å². The van der Waals surface area contributed by atoms with Gasteiger partial charge in [0, 0.05) is 10.6 Å². The second kappa shape index (κ2) is 7.45. The van der Waals surface area contributed by atoms with Gasteiger partial charge in [-0.1, -0.05) is 23.7 Å². The van der Waals surface area contributed by atoms with Crippen LogP contribution >= 0.6 is 11.6 Å². The Labute approximate surface area is 128 Å². The summed E-state index contributed by atoms with van der Waals surface area (Å²) < 4.78 is 5.32. The van der Waals surface area contributed by atoms with Crippen LogP contribution in [0, 0.1) is 0 Å². The lowest BCUT2D eigenvalue weighted by atomic mass is 10.2. The lowest BCUT2D eigenvalue weighted by molar-refractivity contribution is 0.0955. The zero-order valence-corrected chi connectivity index (χ0v) is 12.3. The Balaban J connectivity index is 1.93. The Bertz CT molecular complexity index is 622. The molecule has 0 saturated carbocycles. The van der Waals surface area contributed by atoms with Crippen molar-refractivity contribution < 1.29 is 9.53 Å². The van der Waals surface area contributed by atoms with Crippen LogP contribution in [0.15, 0.2) is 53.6 Å². The molecule has 0 bridgehead atoms. The van der Waals surface area contributed by atoms with Gasteiger partial charge in [0.1, 0.15) is 5.75 Å². The van der Waals surface area contributed by atoms with Crippen molar-refractivity contribution in [1.82, 2.24) is 5.43 Å². The fourth-order valence-corrected chi connectivity index (χ4v) is 1.77. The number of ether oxygens (including phenoxy) is 1. The van der Waals surface area contributed by atoms with Crippen LogP contribution in [0.3, 0.4) is 0 Å². The van der Waals surface area contributed by atoms with Gasteiger partial charge < -0.3 is 4.74 Å². The van der Waals surface area contributed by atoms with Crippen molar-refractivity contribution in [2.45, 2.75) is 6.92 Å². The minimum atomic E-state index is -0.275. The molecule has 0 spiro atoms. The van der Waals surface area contributed by atoms with Crippen molar-refractivity contribution in [3.05, 3.63) is 64.7 Å². The summed E-state index contributed by atoms with van der Waals surface area (Å²) in [5.41, 5.74) is 3.84. The summed E-state index contributed by atoms with van der Waals surface area (Å²) in [6, 6.07) is 14.0. The van der Waals surface area contributed by atoms with E-state index in [2.05, 4.69) is 10.5 Å². The summed E-state index contributed by atoms with van der Waals surface area (Å²) >= 11 is 5.79. The molecule has 1 N–H and O–H groups in total. The van der Waals surface area contributed by atoms with Gasteiger partial charge in [-0.15, -0.1) is 0 Å². The Kier molecular flexibility index (Phi) is 5.35. The molecule has 0 atom stereocenters. The fraction of sp³-hybridized carbons (Fsp3) is 0.125. The average molecular weight is 303 g/mol. The standard InChI is InChI=1S/C16H15ClN2O2/c1-2-21-15-9-5-13(6-10-15)16(20)19-18-11-12-3-7-14(17)8-4-12/h3-11H,2H2,1H3,(H,19,20). The van der Waals surface area contributed by atoms with Crippen LogP contribution in [0.1, 0.15) is 22.8 Å². The molecule has 0 unspecified atom stereocenters. The van der Waals surface area contributed by atoms with Gasteiger partial charge in [0.05, 0.1) is 12.8 Å². The number of rotatable bonds is 5. The normalized spacial score (nSPS) is 10.6. The van der Waals surface area contributed by atoms with Crippen molar-refractivity contribution in [3.63, 3.8) is 0 Å². The van der Waals surface area contributed by atoms with E-state index in [1.54, 1.807) is 42.6 Å². The van der Waals surface area contributed by atoms with Crippen LogP contribution in [0.2, 0.25) is 5.02 Å². The van der Waals surface area contributed by atoms with Gasteiger partial charge in [-0.05, 0) is 48.9 Å². The number of carbonyl (C=O) groups excluding carboxylic acids is 1. The number of hydrogen-bond acceptors (Lipinski definition) is 3. The third kappa shape index (κ3) is 4.61. The molecular weight excluding hydrogens is 288 g/mol. The number of benzene rings is 2. The Morgan fingerprint density at radius 1 is 1.19 bits per heavy atom. The number of halogens is 1. The molecule has 2 aromatic carbocycles. The van der Waals surface area contributed by atoms with Gasteiger partial charge >= 0.3 is 0 Å². The Hall–Kier alpha value is -2.33. The highest BCUT2D eigenvalue weighted by atomic mass is 35.5. The van der Waals surface area contributed by atoms with Gasteiger partial charge in [-0.2, -0.15) is 5.10 Å². The van der Waals surface area contributed by atoms with E-state index in [1.807, 2.05) is 19.1 Å². The number of hydrogen-bond donors (Lipinski definition) is 1. The monoisotopic (exact) mass is 302 g/mol. The molecule has 0 radical (unpaired) electrons. The highest BCUT2D eigenvalue weighted by molar-refractivity contribution is 6.30. The van der Waals surface area contributed by atoms with E-state index >= 15 is 0 Å². The molecule has 0 aliphatic rings. The molecular formula is C16H15ClN2O2. The summed E-state index contributed by atoms with van der Waals surface area (Å²) in [7, 11) is 0. The lowest BCUT2D eigenvalue weighted by Gasteiger charge is -2.04. The molecule has 0 aliphatic heterocycles. The van der Waals surface area contributed by atoms with Gasteiger partial charge in [-0.3, -0.25) is 4.79 Å². The molecule has 4 nitrogen and oxygen atoms in total. The minimum Gasteiger partial charge on any atom is -0.494 e. The predicted octanol–water partition coefficient (Wildman–Crippen LogP) is 3.50. The van der Waals surface area contributed by atoms with Crippen molar-refractivity contribution in [2.24, 2.45) is 5.10 Å². The Morgan fingerprint density at radius 2 is 1.86 bits per heavy atom. The van der Waals surface area contributed by atoms with Crippen LogP contribution in [-0.4, -0.2) is 18.7 Å². The number of amides is 1. The molecule has 0 heterocycles. The smallest absolute Gasteiger partial charge is 0.271 e. The zero-order valence-electron chi connectivity index (χ0n) is 11.5. The summed E-state index contributed by atoms with van der Waals surface area (Å²) in [4.78, 5) is 11.9. The predicted molar refractivity (Wildman–Crippen MR) is 84.1 cm³/mol. The summed E-state index contributed by atoms with van der Waals surface area (Å²) in [5.74, 6) is 0.460. The average Bonchev–Trinajstić information content (AvgIpc) is 2.50. The summed E-state index contributed by atoms with van der Waals surface area (Å²) in [6.45, 7) is 2.50. The van der Waals surface area contributed by atoms with Crippen molar-refractivity contribution >= 4 is 23.7 Å². The van der Waals surface area contributed by atoms with E-state index in [-0.39, 0.29) is 5.91 Å². The Morgan fingerprint density at radius 3 is 2.48 bits per heavy atom. The topological polar surface area (TPSA) is 50.7 Å². The molecule has 2 rings (SSSR count). The molecule has 2 aromatic rings. The van der Waals surface area contributed by atoms with E-state index in [4.69, 9.17) is 16.3 Å². The third-order valence-electron chi connectivity index (χ3n) is 2.68. The fourth-order valence-electron chi connectivity index (χ4n) is 1.65.